The van der Waals surface area contributed by atoms with Gasteiger partial charge in [-0.2, -0.15) is 0 Å². The SMILES string of the molecule is COc1cccc(-c2nc(CCCN)cs2)c1OC. The molecule has 102 valence electrons. The fourth-order valence-electron chi connectivity index (χ4n) is 1.88. The lowest BCUT2D eigenvalue weighted by Crippen LogP contribution is -2.00. The van der Waals surface area contributed by atoms with E-state index < -0.39 is 0 Å². The second-order valence-corrected chi connectivity index (χ2v) is 4.94. The van der Waals surface area contributed by atoms with Crippen LogP contribution in [0.3, 0.4) is 0 Å². The van der Waals surface area contributed by atoms with Crippen LogP contribution in [0.15, 0.2) is 23.6 Å². The number of rotatable bonds is 6. The largest absolute Gasteiger partial charge is 0.493 e. The van der Waals surface area contributed by atoms with E-state index in [1.54, 1.807) is 25.6 Å². The van der Waals surface area contributed by atoms with Crippen molar-refractivity contribution in [3.05, 3.63) is 29.3 Å². The average Bonchev–Trinajstić information content (AvgIpc) is 2.92. The standard InChI is InChI=1S/C14H18N2O2S/c1-17-12-7-3-6-11(13(12)18-2)14-16-10(9-19-14)5-4-8-15/h3,6-7,9H,4-5,8,15H2,1-2H3. The van der Waals surface area contributed by atoms with Gasteiger partial charge in [0.15, 0.2) is 11.5 Å². The van der Waals surface area contributed by atoms with Crippen LogP contribution in [0.2, 0.25) is 0 Å². The predicted molar refractivity (Wildman–Crippen MR) is 78.0 cm³/mol. The second kappa shape index (κ2) is 6.54. The van der Waals surface area contributed by atoms with Crippen molar-refractivity contribution >= 4 is 11.3 Å². The van der Waals surface area contributed by atoms with Gasteiger partial charge in [0, 0.05) is 5.38 Å². The van der Waals surface area contributed by atoms with Crippen LogP contribution in [-0.4, -0.2) is 25.7 Å². The molecule has 0 atom stereocenters. The van der Waals surface area contributed by atoms with E-state index in [-0.39, 0.29) is 0 Å². The highest BCUT2D eigenvalue weighted by molar-refractivity contribution is 7.13. The molecule has 0 spiro atoms. The molecule has 0 saturated heterocycles. The van der Waals surface area contributed by atoms with Crippen molar-refractivity contribution in [2.45, 2.75) is 12.8 Å². The lowest BCUT2D eigenvalue weighted by molar-refractivity contribution is 0.356. The van der Waals surface area contributed by atoms with E-state index in [4.69, 9.17) is 15.2 Å². The Bertz CT molecular complexity index is 540. The minimum Gasteiger partial charge on any atom is -0.493 e. The third kappa shape index (κ3) is 3.05. The number of nitrogens with two attached hydrogens (primary N) is 1. The number of aryl methyl sites for hydroxylation is 1. The van der Waals surface area contributed by atoms with Crippen LogP contribution in [0.5, 0.6) is 11.5 Å². The monoisotopic (exact) mass is 278 g/mol. The molecule has 1 aromatic carbocycles. The van der Waals surface area contributed by atoms with Crippen LogP contribution >= 0.6 is 11.3 Å². The summed E-state index contributed by atoms with van der Waals surface area (Å²) in [6.45, 7) is 0.690. The molecule has 19 heavy (non-hydrogen) atoms. The fraction of sp³-hybridized carbons (Fsp3) is 0.357. The summed E-state index contributed by atoms with van der Waals surface area (Å²) in [4.78, 5) is 4.63. The average molecular weight is 278 g/mol. The topological polar surface area (TPSA) is 57.4 Å². The molecule has 2 rings (SSSR count). The molecule has 1 heterocycles. The van der Waals surface area contributed by atoms with Crippen LogP contribution in [0.25, 0.3) is 10.6 Å². The van der Waals surface area contributed by atoms with Crippen molar-refractivity contribution < 1.29 is 9.47 Å². The minimum atomic E-state index is 0.690. The Morgan fingerprint density at radius 2 is 2.11 bits per heavy atom. The lowest BCUT2D eigenvalue weighted by Gasteiger charge is -2.10. The minimum absolute atomic E-state index is 0.690. The quantitative estimate of drug-likeness (QED) is 0.882. The predicted octanol–water partition coefficient (Wildman–Crippen LogP) is 2.72. The summed E-state index contributed by atoms with van der Waals surface area (Å²) in [7, 11) is 3.28. The first kappa shape index (κ1) is 13.8. The Hall–Kier alpha value is -1.59. The van der Waals surface area contributed by atoms with Crippen LogP contribution in [0, 0.1) is 0 Å². The summed E-state index contributed by atoms with van der Waals surface area (Å²) in [5, 5.41) is 3.02. The number of benzene rings is 1. The summed E-state index contributed by atoms with van der Waals surface area (Å²) < 4.78 is 10.7. The molecule has 0 aliphatic rings. The molecule has 0 bridgehead atoms. The molecule has 2 N–H and O–H groups in total. The molecule has 0 saturated carbocycles. The first-order chi connectivity index (χ1) is 9.30. The molecule has 1 aromatic heterocycles. The number of para-hydroxylation sites is 1. The van der Waals surface area contributed by atoms with Gasteiger partial charge in [0.05, 0.1) is 25.5 Å². The maximum absolute atomic E-state index is 5.52. The highest BCUT2D eigenvalue weighted by Gasteiger charge is 2.14. The molecule has 0 aliphatic carbocycles. The van der Waals surface area contributed by atoms with E-state index in [1.807, 2.05) is 18.2 Å². The van der Waals surface area contributed by atoms with Crippen molar-refractivity contribution in [2.24, 2.45) is 5.73 Å². The normalized spacial score (nSPS) is 10.5. The Morgan fingerprint density at radius 1 is 1.26 bits per heavy atom. The highest BCUT2D eigenvalue weighted by Crippen LogP contribution is 2.38. The summed E-state index contributed by atoms with van der Waals surface area (Å²) >= 11 is 1.61. The third-order valence-corrected chi connectivity index (χ3v) is 3.75. The van der Waals surface area contributed by atoms with Crippen LogP contribution in [0.1, 0.15) is 12.1 Å². The second-order valence-electron chi connectivity index (χ2n) is 4.08. The Morgan fingerprint density at radius 3 is 2.79 bits per heavy atom. The Kier molecular flexibility index (Phi) is 4.76. The fourth-order valence-corrected chi connectivity index (χ4v) is 2.76. The van der Waals surface area contributed by atoms with Gasteiger partial charge >= 0.3 is 0 Å². The maximum atomic E-state index is 5.52. The summed E-state index contributed by atoms with van der Waals surface area (Å²) in [6, 6.07) is 5.82. The number of thiazole rings is 1. The molecule has 0 aliphatic heterocycles. The summed E-state index contributed by atoms with van der Waals surface area (Å²) in [6.07, 6.45) is 1.87. The van der Waals surface area contributed by atoms with Crippen LogP contribution in [-0.2, 0) is 6.42 Å². The highest BCUT2D eigenvalue weighted by atomic mass is 32.1. The summed E-state index contributed by atoms with van der Waals surface area (Å²) in [5.74, 6) is 1.45. The number of hydrogen-bond acceptors (Lipinski definition) is 5. The van der Waals surface area contributed by atoms with Crippen molar-refractivity contribution in [3.63, 3.8) is 0 Å². The number of hydrogen-bond donors (Lipinski definition) is 1. The van der Waals surface area contributed by atoms with Gasteiger partial charge < -0.3 is 15.2 Å². The van der Waals surface area contributed by atoms with Crippen LogP contribution in [0.4, 0.5) is 0 Å². The Labute approximate surface area is 117 Å². The van der Waals surface area contributed by atoms with Crippen molar-refractivity contribution in [1.29, 1.82) is 0 Å². The molecular weight excluding hydrogens is 260 g/mol. The van der Waals surface area contributed by atoms with Gasteiger partial charge in [-0.3, -0.25) is 0 Å². The summed E-state index contributed by atoms with van der Waals surface area (Å²) in [5.41, 5.74) is 7.56. The molecule has 0 radical (unpaired) electrons. The zero-order valence-electron chi connectivity index (χ0n) is 11.2. The smallest absolute Gasteiger partial charge is 0.170 e. The van der Waals surface area contributed by atoms with Gasteiger partial charge in [-0.15, -0.1) is 11.3 Å². The van der Waals surface area contributed by atoms with Crippen LogP contribution < -0.4 is 15.2 Å². The van der Waals surface area contributed by atoms with Gasteiger partial charge in [-0.1, -0.05) is 6.07 Å². The maximum Gasteiger partial charge on any atom is 0.170 e. The molecule has 2 aromatic rings. The number of nitrogens with zero attached hydrogens (tertiary/aromatic N) is 1. The third-order valence-electron chi connectivity index (χ3n) is 2.82. The van der Waals surface area contributed by atoms with Gasteiger partial charge in [-0.05, 0) is 31.5 Å². The van der Waals surface area contributed by atoms with Gasteiger partial charge in [-0.25, -0.2) is 4.98 Å². The lowest BCUT2D eigenvalue weighted by atomic mass is 10.2. The van der Waals surface area contributed by atoms with E-state index >= 15 is 0 Å². The zero-order chi connectivity index (χ0) is 13.7. The van der Waals surface area contributed by atoms with E-state index in [9.17, 15) is 0 Å². The molecule has 0 unspecified atom stereocenters. The van der Waals surface area contributed by atoms with Crippen molar-refractivity contribution in [1.82, 2.24) is 4.98 Å². The van der Waals surface area contributed by atoms with E-state index in [0.29, 0.717) is 6.54 Å². The zero-order valence-corrected chi connectivity index (χ0v) is 12.0. The number of aromatic nitrogens is 1. The van der Waals surface area contributed by atoms with Crippen molar-refractivity contribution in [3.8, 4) is 22.1 Å². The first-order valence-corrected chi connectivity index (χ1v) is 7.04. The molecule has 5 heteroatoms. The molecular formula is C14H18N2O2S. The van der Waals surface area contributed by atoms with E-state index in [1.165, 1.54) is 0 Å². The number of ether oxygens (including phenoxy) is 2. The van der Waals surface area contributed by atoms with E-state index in [0.717, 1.165) is 40.6 Å². The van der Waals surface area contributed by atoms with Crippen molar-refractivity contribution in [2.75, 3.05) is 20.8 Å². The molecule has 0 fully saturated rings. The van der Waals surface area contributed by atoms with Gasteiger partial charge in [0.25, 0.3) is 0 Å². The molecule has 0 amide bonds. The van der Waals surface area contributed by atoms with E-state index in [2.05, 4.69) is 10.4 Å². The molecule has 4 nitrogen and oxygen atoms in total. The van der Waals surface area contributed by atoms with Gasteiger partial charge in [0.2, 0.25) is 0 Å². The number of methoxy groups -OCH3 is 2. The Balaban J connectivity index is 2.33. The van der Waals surface area contributed by atoms with Gasteiger partial charge in [0.1, 0.15) is 5.01 Å². The first-order valence-electron chi connectivity index (χ1n) is 6.16.